The Labute approximate surface area is 826 Å². The largest absolute Gasteiger partial charge is 0.464 e. The highest BCUT2D eigenvalue weighted by atomic mass is 32.1. The highest BCUT2D eigenvalue weighted by molar-refractivity contribution is 7.17. The number of aromatic nitrogens is 10. The summed E-state index contributed by atoms with van der Waals surface area (Å²) in [6, 6.07) is 144. The number of allylic oxidation sites excluding steroid dienone is 2. The molecule has 0 bridgehead atoms. The lowest BCUT2D eigenvalue weighted by Gasteiger charge is -1.93. The first-order chi connectivity index (χ1) is 70.0. The Kier molecular flexibility index (Phi) is 36.2. The summed E-state index contributed by atoms with van der Waals surface area (Å²) in [5.74, 6) is 0. The number of rotatable bonds is 0. The fourth-order valence-corrected chi connectivity index (χ4v) is 16.2. The molecule has 0 N–H and O–H groups in total. The predicted molar refractivity (Wildman–Crippen MR) is 588 cm³/mol. The first kappa shape index (κ1) is 96.0. The van der Waals surface area contributed by atoms with Gasteiger partial charge in [0.1, 0.15) is 17.4 Å². The van der Waals surface area contributed by atoms with Gasteiger partial charge in [0.25, 0.3) is 0 Å². The van der Waals surface area contributed by atoms with E-state index in [1.165, 1.54) is 92.4 Å². The standard InChI is InChI=1S/C10H8.3C9H7N.2C9H8.2C8H6N2.2C8H7N.C8H6O.C8H6S.2C7H5NO.C7H5NS/c1-2-6-10-8-4-3-7-9(10)5-1;2*1-2-6-9-8(4-1)5-3-7-10-9;1-2-4-9-7-10-6-5-8(9)3-1;2*1-2-5-9-7-3-6-8(9)4-1;1-2-4-8-7(3-1)5-9-6-10-8;1-2-4-8-7(3-1)9-5-6-10-8;1-2-4-8-6-9-5-7(8)3-1;3*1-2-4-8-7(3-1)5-6-9-8;1-2-4-7-6(3-1)8-5-9-7;1-2-4-7-6(3-1)5-8-9-7;1-2-4-7-6(3-1)8-5-9-7/h1-8H;3*1-7H;2*1-6H,7H2;2*1-6H;1-5H,6H2;1-4,6H,5H2;2*1-6H;3*1-5H. The molecule has 10 aromatic heterocycles. The average molecular weight is 1870 g/mol. The lowest BCUT2D eigenvalue weighted by Crippen LogP contribution is -1.79. The number of fused-ring (bicyclic) bond motifs is 15. The van der Waals surface area contributed by atoms with Crippen molar-refractivity contribution in [3.63, 3.8) is 0 Å². The first-order valence-electron chi connectivity index (χ1n) is 46.0. The minimum Gasteiger partial charge on any atom is -0.464 e. The Morgan fingerprint density at radius 2 is 0.716 bits per heavy atom. The van der Waals surface area contributed by atoms with E-state index in [2.05, 4.69) is 278 Å². The summed E-state index contributed by atoms with van der Waals surface area (Å²) in [7, 11) is 0. The fraction of sp³-hybridized carbons (Fsp3) is 0.0323. The van der Waals surface area contributed by atoms with E-state index in [1.54, 1.807) is 53.9 Å². The van der Waals surface area contributed by atoms with E-state index >= 15 is 0 Å². The van der Waals surface area contributed by atoms with E-state index in [0.29, 0.717) is 0 Å². The van der Waals surface area contributed by atoms with Crippen molar-refractivity contribution in [2.24, 2.45) is 9.98 Å². The molecule has 0 saturated heterocycles. The molecule has 0 unspecified atom stereocenters. The second-order valence-electron chi connectivity index (χ2n) is 31.4. The van der Waals surface area contributed by atoms with E-state index < -0.39 is 0 Å². The van der Waals surface area contributed by atoms with Crippen LogP contribution in [-0.4, -0.2) is 62.4 Å². The monoisotopic (exact) mass is 1870 g/mol. The number of furan rings is 1. The zero-order valence-electron chi connectivity index (χ0n) is 77.2. The fourth-order valence-electron chi connectivity index (χ4n) is 14.7. The Morgan fingerprint density at radius 1 is 0.255 bits per heavy atom. The van der Waals surface area contributed by atoms with Gasteiger partial charge in [-0.15, -0.1) is 22.7 Å². The third-order valence-electron chi connectivity index (χ3n) is 21.9. The summed E-state index contributed by atoms with van der Waals surface area (Å²) in [6.07, 6.45) is 34.8. The smallest absolute Gasteiger partial charge is 0.181 e. The van der Waals surface area contributed by atoms with Crippen LogP contribution in [-0.2, 0) is 25.8 Å². The highest BCUT2D eigenvalue weighted by Crippen LogP contribution is 2.26. The molecule has 12 heterocycles. The van der Waals surface area contributed by atoms with Gasteiger partial charge >= 0.3 is 0 Å². The summed E-state index contributed by atoms with van der Waals surface area (Å²) >= 11 is 3.46. The number of benzene rings is 16. The lowest BCUT2D eigenvalue weighted by molar-refractivity contribution is 0.456. The van der Waals surface area contributed by atoms with Gasteiger partial charge in [0, 0.05) is 93.9 Å². The molecular weight excluding hydrogens is 1770 g/mol. The molecule has 2 aliphatic heterocycles. The van der Waals surface area contributed by atoms with E-state index in [-0.39, 0.29) is 0 Å². The Hall–Kier alpha value is -18.2. The maximum absolute atomic E-state index is 5.12. The summed E-state index contributed by atoms with van der Waals surface area (Å²) in [5.41, 5.74) is 22.3. The van der Waals surface area contributed by atoms with Crippen LogP contribution in [0.2, 0.25) is 0 Å². The highest BCUT2D eigenvalue weighted by Gasteiger charge is 2.06. The third-order valence-corrected chi connectivity index (χ3v) is 23.6. The molecule has 17 heteroatoms. The van der Waals surface area contributed by atoms with Crippen LogP contribution >= 0.6 is 22.7 Å². The molecule has 15 nitrogen and oxygen atoms in total. The van der Waals surface area contributed by atoms with Gasteiger partial charge in [-0.25, -0.2) is 19.9 Å². The van der Waals surface area contributed by atoms with Gasteiger partial charge in [0.2, 0.25) is 0 Å². The van der Waals surface area contributed by atoms with E-state index in [9.17, 15) is 0 Å². The molecule has 0 atom stereocenters. The van der Waals surface area contributed by atoms with Gasteiger partial charge in [-0.1, -0.05) is 345 Å². The van der Waals surface area contributed by atoms with Crippen molar-refractivity contribution in [1.29, 1.82) is 0 Å². The van der Waals surface area contributed by atoms with Crippen molar-refractivity contribution in [2.75, 3.05) is 0 Å². The van der Waals surface area contributed by atoms with E-state index in [0.717, 1.165) is 103 Å². The summed E-state index contributed by atoms with van der Waals surface area (Å²) < 4.78 is 17.6. The number of pyridine rings is 3. The first-order valence-corrected chi connectivity index (χ1v) is 47.8. The minimum absolute atomic E-state index is 0.845. The van der Waals surface area contributed by atoms with Crippen LogP contribution in [0.4, 0.5) is 5.69 Å². The number of oxazole rings is 1. The molecule has 2 aliphatic carbocycles. The molecule has 0 saturated carbocycles. The van der Waals surface area contributed by atoms with Gasteiger partial charge in [0.05, 0.1) is 68.0 Å². The molecule has 26 aromatic rings. The number of nitrogens with zero attached hydrogens (tertiary/aromatic N) is 12. The maximum Gasteiger partial charge on any atom is 0.181 e. The molecule has 0 fully saturated rings. The maximum atomic E-state index is 5.12. The number of aliphatic imine (C=N–C) groups is 2. The van der Waals surface area contributed by atoms with Crippen molar-refractivity contribution in [3.05, 3.63) is 561 Å². The van der Waals surface area contributed by atoms with Crippen molar-refractivity contribution in [1.82, 2.24) is 50.0 Å². The summed E-state index contributed by atoms with van der Waals surface area (Å²) in [5, 5.41) is 17.9. The second kappa shape index (κ2) is 53.2. The number of hydrogen-bond acceptors (Lipinski definition) is 17. The van der Waals surface area contributed by atoms with Gasteiger partial charge in [0.15, 0.2) is 17.6 Å². The summed E-state index contributed by atoms with van der Waals surface area (Å²) in [6.45, 7) is 0.871. The molecule has 16 aromatic carbocycles. The van der Waals surface area contributed by atoms with Crippen molar-refractivity contribution in [3.8, 4) is 0 Å². The van der Waals surface area contributed by atoms with Crippen LogP contribution in [0, 0.1) is 0 Å². The molecule has 684 valence electrons. The predicted octanol–water partition coefficient (Wildman–Crippen LogP) is 32.2. The van der Waals surface area contributed by atoms with E-state index in [1.807, 2.05) is 292 Å². The van der Waals surface area contributed by atoms with Crippen LogP contribution in [0.5, 0.6) is 0 Å². The minimum atomic E-state index is 0.845. The molecule has 0 radical (unpaired) electrons. The second-order valence-corrected chi connectivity index (χ2v) is 33.3. The van der Waals surface area contributed by atoms with Gasteiger partial charge in [-0.2, -0.15) is 0 Å². The molecule has 30 rings (SSSR count). The number of para-hydroxylation sites is 11. The Morgan fingerprint density at radius 3 is 1.28 bits per heavy atom. The number of thiophene rings is 1. The molecule has 0 amide bonds. The Balaban J connectivity index is 0.000000109. The van der Waals surface area contributed by atoms with Crippen LogP contribution in [0.1, 0.15) is 38.9 Å². The quantitative estimate of drug-likeness (QED) is 0.139. The number of thiazole rings is 1. The van der Waals surface area contributed by atoms with Gasteiger partial charge in [-0.05, 0) is 199 Å². The molecule has 141 heavy (non-hydrogen) atoms. The van der Waals surface area contributed by atoms with Crippen LogP contribution in [0.3, 0.4) is 0 Å². The molecule has 4 aliphatic rings. The molecular formula is C124H98N12O3S2. The van der Waals surface area contributed by atoms with Crippen molar-refractivity contribution in [2.45, 2.75) is 25.8 Å². The van der Waals surface area contributed by atoms with Crippen molar-refractivity contribution >= 4 is 172 Å². The normalized spacial score (nSPS) is 11.0. The van der Waals surface area contributed by atoms with E-state index in [4.69, 9.17) is 13.4 Å². The SMILES string of the molecule is C1=Cc2ccccc2C1.C1=Cc2ccccc2C1.C1=NCc2ccccc21.C1=Nc2ccccc2C1.c1ccc2ccccc2c1.c1ccc2cnccc2c1.c1ccc2ncccc2c1.c1ccc2ncccc2c1.c1ccc2nccnc2c1.c1ccc2ncncc2c1.c1ccc2occc2c1.c1ccc2ocnc2c1.c1ccc2oncc2c1.c1ccc2sccc2c1.c1ccc2scnc2c1. The van der Waals surface area contributed by atoms with Crippen LogP contribution in [0.15, 0.2) is 546 Å². The average Bonchev–Trinajstić information content (AvgIpc) is 1.45. The zero-order chi connectivity index (χ0) is 95.8. The lowest BCUT2D eigenvalue weighted by atomic mass is 10.1. The van der Waals surface area contributed by atoms with Crippen LogP contribution in [0.25, 0.3) is 131 Å². The topological polar surface area (TPSA) is 193 Å². The zero-order valence-corrected chi connectivity index (χ0v) is 78.8. The molecule has 0 spiro atoms. The number of hydrogen-bond donors (Lipinski definition) is 0. The van der Waals surface area contributed by atoms with Gasteiger partial charge < -0.3 is 13.4 Å². The van der Waals surface area contributed by atoms with Gasteiger partial charge in [-0.3, -0.25) is 34.9 Å². The summed E-state index contributed by atoms with van der Waals surface area (Å²) in [4.78, 5) is 45.0. The third kappa shape index (κ3) is 29.7. The van der Waals surface area contributed by atoms with Crippen molar-refractivity contribution < 1.29 is 13.4 Å². The van der Waals surface area contributed by atoms with Crippen LogP contribution < -0.4 is 0 Å². The Bertz CT molecular complexity index is 6740.